The zero-order chi connectivity index (χ0) is 13.1. The molecule has 0 fully saturated rings. The van der Waals surface area contributed by atoms with E-state index >= 15 is 0 Å². The smallest absolute Gasteiger partial charge is 0.257 e. The SMILES string of the molecule is CCN(CC)C(=O)c1c(-c2cccs2)csc1N. The normalized spacial score (nSPS) is 10.6. The van der Waals surface area contributed by atoms with Crippen LogP contribution in [0.4, 0.5) is 5.00 Å². The van der Waals surface area contributed by atoms with Crippen LogP contribution in [0.3, 0.4) is 0 Å². The lowest BCUT2D eigenvalue weighted by molar-refractivity contribution is 0.0775. The number of hydrogen-bond donors (Lipinski definition) is 1. The minimum absolute atomic E-state index is 0.0298. The average molecular weight is 280 g/mol. The fraction of sp³-hybridized carbons (Fsp3) is 0.308. The van der Waals surface area contributed by atoms with Crippen LogP contribution in [0.5, 0.6) is 0 Å². The molecule has 5 heteroatoms. The molecule has 0 spiro atoms. The van der Waals surface area contributed by atoms with Gasteiger partial charge in [-0.1, -0.05) is 6.07 Å². The average Bonchev–Trinajstić information content (AvgIpc) is 2.98. The summed E-state index contributed by atoms with van der Waals surface area (Å²) in [6, 6.07) is 4.00. The number of thiophene rings is 2. The highest BCUT2D eigenvalue weighted by atomic mass is 32.1. The van der Waals surface area contributed by atoms with E-state index in [0.29, 0.717) is 23.7 Å². The van der Waals surface area contributed by atoms with E-state index in [1.54, 1.807) is 16.2 Å². The van der Waals surface area contributed by atoms with E-state index in [-0.39, 0.29) is 5.91 Å². The first kappa shape index (κ1) is 13.1. The maximum absolute atomic E-state index is 12.5. The molecule has 2 heterocycles. The van der Waals surface area contributed by atoms with Crippen LogP contribution < -0.4 is 5.73 Å². The lowest BCUT2D eigenvalue weighted by Crippen LogP contribution is -2.30. The van der Waals surface area contributed by atoms with Gasteiger partial charge < -0.3 is 10.6 Å². The summed E-state index contributed by atoms with van der Waals surface area (Å²) in [6.07, 6.45) is 0. The molecule has 0 atom stereocenters. The molecule has 3 nitrogen and oxygen atoms in total. The molecular formula is C13H16N2OS2. The third kappa shape index (κ3) is 2.28. The van der Waals surface area contributed by atoms with Gasteiger partial charge in [-0.05, 0) is 25.3 Å². The summed E-state index contributed by atoms with van der Waals surface area (Å²) >= 11 is 3.06. The van der Waals surface area contributed by atoms with E-state index in [0.717, 1.165) is 10.4 Å². The minimum Gasteiger partial charge on any atom is -0.390 e. The lowest BCUT2D eigenvalue weighted by atomic mass is 10.1. The number of carbonyl (C=O) groups is 1. The van der Waals surface area contributed by atoms with Gasteiger partial charge in [0.05, 0.1) is 10.6 Å². The van der Waals surface area contributed by atoms with Crippen LogP contribution >= 0.6 is 22.7 Å². The number of nitrogens with zero attached hydrogens (tertiary/aromatic N) is 1. The van der Waals surface area contributed by atoms with Gasteiger partial charge in [-0.25, -0.2) is 0 Å². The summed E-state index contributed by atoms with van der Waals surface area (Å²) < 4.78 is 0. The van der Waals surface area contributed by atoms with Crippen molar-refractivity contribution in [2.24, 2.45) is 0 Å². The predicted molar refractivity (Wildman–Crippen MR) is 79.3 cm³/mol. The Balaban J connectivity index is 2.44. The summed E-state index contributed by atoms with van der Waals surface area (Å²) in [5.41, 5.74) is 7.59. The second-order valence-corrected chi connectivity index (χ2v) is 5.70. The summed E-state index contributed by atoms with van der Waals surface area (Å²) in [6.45, 7) is 5.37. The molecule has 2 aromatic heterocycles. The van der Waals surface area contributed by atoms with E-state index in [9.17, 15) is 4.79 Å². The van der Waals surface area contributed by atoms with Gasteiger partial charge in [0.25, 0.3) is 5.91 Å². The fourth-order valence-corrected chi connectivity index (χ4v) is 3.50. The summed E-state index contributed by atoms with van der Waals surface area (Å²) in [4.78, 5) is 15.4. The van der Waals surface area contributed by atoms with Gasteiger partial charge in [0, 0.05) is 28.9 Å². The highest BCUT2D eigenvalue weighted by Gasteiger charge is 2.22. The molecule has 0 aliphatic carbocycles. The third-order valence-corrected chi connectivity index (χ3v) is 4.59. The molecule has 2 rings (SSSR count). The van der Waals surface area contributed by atoms with E-state index < -0.39 is 0 Å². The van der Waals surface area contributed by atoms with Gasteiger partial charge in [-0.2, -0.15) is 0 Å². The molecule has 0 saturated carbocycles. The van der Waals surface area contributed by atoms with Crippen LogP contribution in [0.15, 0.2) is 22.9 Å². The first-order valence-electron chi connectivity index (χ1n) is 5.89. The van der Waals surface area contributed by atoms with Gasteiger partial charge in [0.15, 0.2) is 0 Å². The maximum Gasteiger partial charge on any atom is 0.257 e. The molecule has 0 aliphatic rings. The largest absolute Gasteiger partial charge is 0.390 e. The number of rotatable bonds is 4. The van der Waals surface area contributed by atoms with E-state index in [1.165, 1.54) is 11.3 Å². The molecule has 2 N–H and O–H groups in total. The maximum atomic E-state index is 12.5. The van der Waals surface area contributed by atoms with Crippen molar-refractivity contribution >= 4 is 33.6 Å². The van der Waals surface area contributed by atoms with Crippen molar-refractivity contribution in [1.82, 2.24) is 4.90 Å². The number of carbonyl (C=O) groups excluding carboxylic acids is 1. The summed E-state index contributed by atoms with van der Waals surface area (Å²) in [7, 11) is 0. The number of anilines is 1. The minimum atomic E-state index is 0.0298. The highest BCUT2D eigenvalue weighted by molar-refractivity contribution is 7.16. The standard InChI is InChI=1S/C13H16N2OS2/c1-3-15(4-2)13(16)11-9(8-18-12(11)14)10-6-5-7-17-10/h5-8H,3-4,14H2,1-2H3. The monoisotopic (exact) mass is 280 g/mol. The highest BCUT2D eigenvalue weighted by Crippen LogP contribution is 2.36. The second-order valence-electron chi connectivity index (χ2n) is 3.84. The molecule has 0 unspecified atom stereocenters. The van der Waals surface area contributed by atoms with Crippen LogP contribution in [0.1, 0.15) is 24.2 Å². The molecular weight excluding hydrogens is 264 g/mol. The zero-order valence-electron chi connectivity index (χ0n) is 10.5. The van der Waals surface area contributed by atoms with Crippen molar-refractivity contribution in [2.45, 2.75) is 13.8 Å². The number of amides is 1. The van der Waals surface area contributed by atoms with Crippen molar-refractivity contribution in [3.8, 4) is 10.4 Å². The van der Waals surface area contributed by atoms with Gasteiger partial charge in [-0.15, -0.1) is 22.7 Å². The van der Waals surface area contributed by atoms with Crippen LogP contribution in [-0.2, 0) is 0 Å². The Morgan fingerprint density at radius 3 is 2.61 bits per heavy atom. The molecule has 2 aromatic rings. The molecule has 0 aromatic carbocycles. The van der Waals surface area contributed by atoms with Crippen LogP contribution in [-0.4, -0.2) is 23.9 Å². The van der Waals surface area contributed by atoms with Crippen LogP contribution in [0.25, 0.3) is 10.4 Å². The fourth-order valence-electron chi connectivity index (χ4n) is 1.88. The van der Waals surface area contributed by atoms with Gasteiger partial charge >= 0.3 is 0 Å². The van der Waals surface area contributed by atoms with Gasteiger partial charge in [-0.3, -0.25) is 4.79 Å². The molecule has 1 amide bonds. The topological polar surface area (TPSA) is 46.3 Å². The summed E-state index contributed by atoms with van der Waals surface area (Å²) in [5.74, 6) is 0.0298. The summed E-state index contributed by atoms with van der Waals surface area (Å²) in [5, 5.41) is 4.59. The Bertz CT molecular complexity index is 527. The number of nitrogen functional groups attached to an aromatic ring is 1. The lowest BCUT2D eigenvalue weighted by Gasteiger charge is -2.19. The molecule has 96 valence electrons. The van der Waals surface area contributed by atoms with Crippen LogP contribution in [0.2, 0.25) is 0 Å². The second kappa shape index (κ2) is 5.54. The van der Waals surface area contributed by atoms with Crippen molar-refractivity contribution in [2.75, 3.05) is 18.8 Å². The molecule has 0 aliphatic heterocycles. The first-order chi connectivity index (χ1) is 8.69. The molecule has 18 heavy (non-hydrogen) atoms. The van der Waals surface area contributed by atoms with Crippen molar-refractivity contribution < 1.29 is 4.79 Å². The van der Waals surface area contributed by atoms with Crippen molar-refractivity contribution in [3.63, 3.8) is 0 Å². The van der Waals surface area contributed by atoms with E-state index in [4.69, 9.17) is 5.73 Å². The molecule has 0 bridgehead atoms. The molecule has 0 radical (unpaired) electrons. The van der Waals surface area contributed by atoms with Crippen molar-refractivity contribution in [3.05, 3.63) is 28.5 Å². The third-order valence-electron chi connectivity index (χ3n) is 2.87. The Labute approximate surface area is 115 Å². The first-order valence-corrected chi connectivity index (χ1v) is 7.65. The van der Waals surface area contributed by atoms with Crippen molar-refractivity contribution in [1.29, 1.82) is 0 Å². The predicted octanol–water partition coefficient (Wildman–Crippen LogP) is 3.54. The molecule has 0 saturated heterocycles. The van der Waals surface area contributed by atoms with E-state index in [1.807, 2.05) is 36.7 Å². The van der Waals surface area contributed by atoms with Gasteiger partial charge in [0.1, 0.15) is 0 Å². The van der Waals surface area contributed by atoms with Gasteiger partial charge in [0.2, 0.25) is 0 Å². The Hall–Kier alpha value is -1.33. The number of nitrogens with two attached hydrogens (primary N) is 1. The Morgan fingerprint density at radius 1 is 1.33 bits per heavy atom. The quantitative estimate of drug-likeness (QED) is 0.931. The Morgan fingerprint density at radius 2 is 2.06 bits per heavy atom. The number of hydrogen-bond acceptors (Lipinski definition) is 4. The van der Waals surface area contributed by atoms with Crippen LogP contribution in [0, 0.1) is 0 Å². The Kier molecular flexibility index (Phi) is 4.04. The van der Waals surface area contributed by atoms with E-state index in [2.05, 4.69) is 0 Å². The zero-order valence-corrected chi connectivity index (χ0v) is 12.1.